The van der Waals surface area contributed by atoms with Crippen LogP contribution in [0.5, 0.6) is 0 Å². The van der Waals surface area contributed by atoms with Gasteiger partial charge < -0.3 is 10.4 Å². The highest BCUT2D eigenvalue weighted by molar-refractivity contribution is 5.79. The van der Waals surface area contributed by atoms with E-state index < -0.39 is 6.10 Å². The first-order chi connectivity index (χ1) is 13.7. The fourth-order valence-corrected chi connectivity index (χ4v) is 3.44. The summed E-state index contributed by atoms with van der Waals surface area (Å²) in [6.07, 6.45) is 27.8. The molecular weight excluding hydrogens is 346 g/mol. The molecule has 0 radical (unpaired) electrons. The number of hydrogen-bond acceptors (Lipinski definition) is 2. The topological polar surface area (TPSA) is 49.3 Å². The molecule has 0 aliphatic heterocycles. The standard InChI is InChI=1S/C25H49NO2/c1-3-4-5-6-7-8-9-10-11-12-13-14-15-16-17-18-19-20-21-22-23-26-25(28)24(2)27/h10-11,24,27H,3-9,12-23H2,1-2H3,(H,26,28)/b11-10-. The number of nitrogens with one attached hydrogen (secondary N) is 1. The van der Waals surface area contributed by atoms with Crippen molar-refractivity contribution in [2.45, 2.75) is 136 Å². The molecule has 0 rings (SSSR count). The number of amides is 1. The maximum atomic E-state index is 11.2. The van der Waals surface area contributed by atoms with Crippen molar-refractivity contribution in [3.63, 3.8) is 0 Å². The quantitative estimate of drug-likeness (QED) is 0.161. The SMILES string of the molecule is CCCCCCCC/C=C\CCCCCCCCCCCCNC(=O)C(C)O. The lowest BCUT2D eigenvalue weighted by Gasteiger charge is -2.06. The van der Waals surface area contributed by atoms with Crippen molar-refractivity contribution in [1.29, 1.82) is 0 Å². The fourth-order valence-electron chi connectivity index (χ4n) is 3.44. The Morgan fingerprint density at radius 1 is 0.714 bits per heavy atom. The van der Waals surface area contributed by atoms with E-state index in [9.17, 15) is 4.79 Å². The number of rotatable bonds is 21. The molecule has 1 atom stereocenters. The molecular formula is C25H49NO2. The van der Waals surface area contributed by atoms with Crippen molar-refractivity contribution in [2.75, 3.05) is 6.54 Å². The monoisotopic (exact) mass is 395 g/mol. The Balaban J connectivity index is 3.12. The molecule has 0 heterocycles. The number of aliphatic hydroxyl groups excluding tert-OH is 1. The third-order valence-corrected chi connectivity index (χ3v) is 5.37. The number of unbranched alkanes of at least 4 members (excludes halogenated alkanes) is 16. The molecule has 28 heavy (non-hydrogen) atoms. The molecule has 0 fully saturated rings. The molecule has 1 unspecified atom stereocenters. The van der Waals surface area contributed by atoms with Gasteiger partial charge in [-0.15, -0.1) is 0 Å². The summed E-state index contributed by atoms with van der Waals surface area (Å²) in [5.74, 6) is -0.256. The van der Waals surface area contributed by atoms with Crippen molar-refractivity contribution < 1.29 is 9.90 Å². The van der Waals surface area contributed by atoms with E-state index in [-0.39, 0.29) is 5.91 Å². The fraction of sp³-hybridized carbons (Fsp3) is 0.880. The van der Waals surface area contributed by atoms with Crippen LogP contribution in [0.1, 0.15) is 129 Å². The molecule has 0 aromatic heterocycles. The second kappa shape index (κ2) is 22.5. The van der Waals surface area contributed by atoms with Gasteiger partial charge in [0.15, 0.2) is 0 Å². The van der Waals surface area contributed by atoms with Crippen molar-refractivity contribution in [2.24, 2.45) is 0 Å². The first-order valence-corrected chi connectivity index (χ1v) is 12.3. The summed E-state index contributed by atoms with van der Waals surface area (Å²) in [5.41, 5.74) is 0. The lowest BCUT2D eigenvalue weighted by Crippen LogP contribution is -2.33. The zero-order chi connectivity index (χ0) is 20.7. The first-order valence-electron chi connectivity index (χ1n) is 12.3. The minimum atomic E-state index is -0.888. The van der Waals surface area contributed by atoms with Gasteiger partial charge in [0.2, 0.25) is 5.91 Å². The predicted molar refractivity (Wildman–Crippen MR) is 123 cm³/mol. The van der Waals surface area contributed by atoms with Crippen LogP contribution in [0.4, 0.5) is 0 Å². The van der Waals surface area contributed by atoms with E-state index in [1.165, 1.54) is 116 Å². The van der Waals surface area contributed by atoms with Gasteiger partial charge in [-0.05, 0) is 39.0 Å². The molecule has 0 bridgehead atoms. The molecule has 2 N–H and O–H groups in total. The van der Waals surface area contributed by atoms with Crippen LogP contribution < -0.4 is 5.32 Å². The molecule has 3 nitrogen and oxygen atoms in total. The molecule has 0 aromatic carbocycles. The summed E-state index contributed by atoms with van der Waals surface area (Å²) < 4.78 is 0. The molecule has 1 amide bonds. The van der Waals surface area contributed by atoms with E-state index >= 15 is 0 Å². The van der Waals surface area contributed by atoms with Crippen LogP contribution in [0.25, 0.3) is 0 Å². The summed E-state index contributed by atoms with van der Waals surface area (Å²) in [7, 11) is 0. The van der Waals surface area contributed by atoms with Crippen molar-refractivity contribution in [3.8, 4) is 0 Å². The van der Waals surface area contributed by atoms with Crippen LogP contribution in [0.3, 0.4) is 0 Å². The second-order valence-electron chi connectivity index (χ2n) is 8.32. The van der Waals surface area contributed by atoms with Gasteiger partial charge in [0.1, 0.15) is 6.10 Å². The zero-order valence-electron chi connectivity index (χ0n) is 19.0. The second-order valence-corrected chi connectivity index (χ2v) is 8.32. The highest BCUT2D eigenvalue weighted by Gasteiger charge is 2.06. The lowest BCUT2D eigenvalue weighted by molar-refractivity contribution is -0.128. The summed E-state index contributed by atoms with van der Waals surface area (Å²) in [4.78, 5) is 11.2. The molecule has 0 aliphatic rings. The number of allylic oxidation sites excluding steroid dienone is 2. The molecule has 166 valence electrons. The van der Waals surface area contributed by atoms with Crippen LogP contribution in [0.15, 0.2) is 12.2 Å². The summed E-state index contributed by atoms with van der Waals surface area (Å²) in [6.45, 7) is 4.47. The lowest BCUT2D eigenvalue weighted by atomic mass is 10.1. The van der Waals surface area contributed by atoms with E-state index in [0.717, 1.165) is 6.42 Å². The number of carbonyl (C=O) groups is 1. The third kappa shape index (κ3) is 21.5. The average Bonchev–Trinajstić information content (AvgIpc) is 2.68. The van der Waals surface area contributed by atoms with Gasteiger partial charge in [-0.1, -0.05) is 103 Å². The first kappa shape index (κ1) is 27.2. The van der Waals surface area contributed by atoms with Crippen LogP contribution in [0.2, 0.25) is 0 Å². The third-order valence-electron chi connectivity index (χ3n) is 5.37. The Bertz CT molecular complexity index is 352. The predicted octanol–water partition coefficient (Wildman–Crippen LogP) is 7.08. The van der Waals surface area contributed by atoms with E-state index in [1.54, 1.807) is 0 Å². The van der Waals surface area contributed by atoms with Gasteiger partial charge >= 0.3 is 0 Å². The van der Waals surface area contributed by atoms with Crippen LogP contribution in [-0.4, -0.2) is 23.7 Å². The van der Waals surface area contributed by atoms with Gasteiger partial charge in [-0.25, -0.2) is 0 Å². The molecule has 0 saturated heterocycles. The Kier molecular flexibility index (Phi) is 21.8. The Morgan fingerprint density at radius 2 is 1.11 bits per heavy atom. The molecule has 0 aromatic rings. The highest BCUT2D eigenvalue weighted by atomic mass is 16.3. The molecule has 0 spiro atoms. The van der Waals surface area contributed by atoms with E-state index in [2.05, 4.69) is 24.4 Å². The number of hydrogen-bond donors (Lipinski definition) is 2. The smallest absolute Gasteiger partial charge is 0.248 e. The van der Waals surface area contributed by atoms with E-state index in [0.29, 0.717) is 6.54 Å². The Hall–Kier alpha value is -0.830. The normalized spacial score (nSPS) is 12.5. The van der Waals surface area contributed by atoms with Crippen molar-refractivity contribution in [3.05, 3.63) is 12.2 Å². The summed E-state index contributed by atoms with van der Waals surface area (Å²) >= 11 is 0. The maximum Gasteiger partial charge on any atom is 0.248 e. The zero-order valence-corrected chi connectivity index (χ0v) is 19.0. The van der Waals surface area contributed by atoms with E-state index in [4.69, 9.17) is 5.11 Å². The summed E-state index contributed by atoms with van der Waals surface area (Å²) in [6, 6.07) is 0. The highest BCUT2D eigenvalue weighted by Crippen LogP contribution is 2.12. The minimum Gasteiger partial charge on any atom is -0.384 e. The summed E-state index contributed by atoms with van der Waals surface area (Å²) in [5, 5.41) is 11.8. The number of aliphatic hydroxyl groups is 1. The van der Waals surface area contributed by atoms with Crippen molar-refractivity contribution >= 4 is 5.91 Å². The van der Waals surface area contributed by atoms with E-state index in [1.807, 2.05) is 0 Å². The van der Waals surface area contributed by atoms with Gasteiger partial charge in [-0.2, -0.15) is 0 Å². The number of carbonyl (C=O) groups excluding carboxylic acids is 1. The minimum absolute atomic E-state index is 0.256. The molecule has 0 saturated carbocycles. The van der Waals surface area contributed by atoms with Gasteiger partial charge in [0.25, 0.3) is 0 Å². The average molecular weight is 396 g/mol. The van der Waals surface area contributed by atoms with Crippen LogP contribution in [-0.2, 0) is 4.79 Å². The maximum absolute atomic E-state index is 11.2. The van der Waals surface area contributed by atoms with Gasteiger partial charge in [0, 0.05) is 6.54 Å². The molecule has 0 aliphatic carbocycles. The van der Waals surface area contributed by atoms with Crippen LogP contribution in [0, 0.1) is 0 Å². The largest absolute Gasteiger partial charge is 0.384 e. The van der Waals surface area contributed by atoms with Gasteiger partial charge in [-0.3, -0.25) is 4.79 Å². The molecule has 3 heteroatoms. The van der Waals surface area contributed by atoms with Gasteiger partial charge in [0.05, 0.1) is 0 Å². The Labute approximate surface area is 175 Å². The van der Waals surface area contributed by atoms with Crippen LogP contribution >= 0.6 is 0 Å². The Morgan fingerprint density at radius 3 is 1.54 bits per heavy atom. The van der Waals surface area contributed by atoms with Crippen molar-refractivity contribution in [1.82, 2.24) is 5.32 Å².